The largest absolute Gasteiger partial charge is 0.388 e. The first-order chi connectivity index (χ1) is 11.7. The van der Waals surface area contributed by atoms with E-state index in [1.165, 1.54) is 0 Å². The Balaban J connectivity index is 1.43. The zero-order chi connectivity index (χ0) is 16.6. The van der Waals surface area contributed by atoms with Crippen LogP contribution in [0.1, 0.15) is 59.1 Å². The van der Waals surface area contributed by atoms with Crippen molar-refractivity contribution in [3.8, 4) is 0 Å². The van der Waals surface area contributed by atoms with Gasteiger partial charge in [-0.15, -0.1) is 0 Å². The van der Waals surface area contributed by atoms with E-state index in [-0.39, 0.29) is 11.3 Å². The van der Waals surface area contributed by atoms with Crippen molar-refractivity contribution in [1.82, 2.24) is 15.5 Å². The molecule has 1 fully saturated rings. The number of aliphatic hydroxyl groups excluding tert-OH is 1. The number of aromatic amines is 1. The van der Waals surface area contributed by atoms with Crippen LogP contribution in [0, 0.1) is 5.41 Å². The summed E-state index contributed by atoms with van der Waals surface area (Å²) in [7, 11) is 0. The first-order valence-electron chi connectivity index (χ1n) is 8.77. The van der Waals surface area contributed by atoms with Gasteiger partial charge in [-0.3, -0.25) is 9.89 Å². The Morgan fingerprint density at radius 1 is 1.25 bits per heavy atom. The highest BCUT2D eigenvalue weighted by Gasteiger charge is 2.49. The Bertz CT molecular complexity index is 734. The summed E-state index contributed by atoms with van der Waals surface area (Å²) in [6, 6.07) is 9.69. The lowest BCUT2D eigenvalue weighted by molar-refractivity contribution is 0.0804. The first-order valence-corrected chi connectivity index (χ1v) is 8.77. The minimum Gasteiger partial charge on any atom is -0.388 e. The normalized spacial score (nSPS) is 19.4. The second kappa shape index (κ2) is 6.06. The lowest BCUT2D eigenvalue weighted by Crippen LogP contribution is -2.34. The van der Waals surface area contributed by atoms with E-state index in [2.05, 4.69) is 15.5 Å². The van der Waals surface area contributed by atoms with Crippen LogP contribution in [0.25, 0.3) is 0 Å². The molecule has 1 aromatic carbocycles. The lowest BCUT2D eigenvalue weighted by Gasteiger charge is -2.23. The van der Waals surface area contributed by atoms with Crippen LogP contribution in [0.2, 0.25) is 0 Å². The minimum absolute atomic E-state index is 0.124. The van der Waals surface area contributed by atoms with Gasteiger partial charge in [0.1, 0.15) is 0 Å². The highest BCUT2D eigenvalue weighted by atomic mass is 16.3. The third-order valence-electron chi connectivity index (χ3n) is 5.46. The molecule has 0 saturated heterocycles. The number of nitrogens with zero attached hydrogens (tertiary/aromatic N) is 1. The molecule has 1 aromatic heterocycles. The van der Waals surface area contributed by atoms with E-state index in [9.17, 15) is 9.90 Å². The Hall–Kier alpha value is -2.14. The summed E-state index contributed by atoms with van der Waals surface area (Å²) >= 11 is 0. The van der Waals surface area contributed by atoms with Gasteiger partial charge in [0, 0.05) is 23.2 Å². The topological polar surface area (TPSA) is 78.0 Å². The van der Waals surface area contributed by atoms with Gasteiger partial charge in [-0.1, -0.05) is 30.3 Å². The Morgan fingerprint density at radius 2 is 2.00 bits per heavy atom. The van der Waals surface area contributed by atoms with E-state index in [4.69, 9.17) is 0 Å². The molecule has 0 spiro atoms. The van der Waals surface area contributed by atoms with Crippen molar-refractivity contribution in [1.29, 1.82) is 0 Å². The molecule has 1 atom stereocenters. The van der Waals surface area contributed by atoms with Gasteiger partial charge in [-0.05, 0) is 44.1 Å². The standard InChI is InChI=1S/C19H23N3O2/c23-17(13-6-2-1-3-7-13)19(10-11-19)12-20-18(24)16-14-8-4-5-9-15(14)21-22-16/h1-3,6-7,17,23H,4-5,8-12H2,(H,20,24)(H,21,22). The molecular weight excluding hydrogens is 302 g/mol. The van der Waals surface area contributed by atoms with Gasteiger partial charge < -0.3 is 10.4 Å². The van der Waals surface area contributed by atoms with Crippen LogP contribution < -0.4 is 5.32 Å². The second-order valence-corrected chi connectivity index (χ2v) is 7.09. The average molecular weight is 325 g/mol. The van der Waals surface area contributed by atoms with Gasteiger partial charge in [0.25, 0.3) is 5.91 Å². The maximum Gasteiger partial charge on any atom is 0.272 e. The number of hydrogen-bond acceptors (Lipinski definition) is 3. The third kappa shape index (κ3) is 2.73. The van der Waals surface area contributed by atoms with Crippen LogP contribution in [0.5, 0.6) is 0 Å². The number of hydrogen-bond donors (Lipinski definition) is 3. The van der Waals surface area contributed by atoms with Gasteiger partial charge in [-0.2, -0.15) is 5.10 Å². The molecule has 0 bridgehead atoms. The molecular formula is C19H23N3O2. The fourth-order valence-corrected chi connectivity index (χ4v) is 3.71. The number of fused-ring (bicyclic) bond motifs is 1. The number of benzene rings is 1. The zero-order valence-electron chi connectivity index (χ0n) is 13.7. The summed E-state index contributed by atoms with van der Waals surface area (Å²) in [6.45, 7) is 0.490. The molecule has 1 unspecified atom stereocenters. The quantitative estimate of drug-likeness (QED) is 0.790. The van der Waals surface area contributed by atoms with Crippen molar-refractivity contribution in [3.63, 3.8) is 0 Å². The predicted molar refractivity (Wildman–Crippen MR) is 90.6 cm³/mol. The summed E-state index contributed by atoms with van der Waals surface area (Å²) in [4.78, 5) is 12.5. The molecule has 2 aliphatic carbocycles. The van der Waals surface area contributed by atoms with Crippen molar-refractivity contribution in [3.05, 3.63) is 52.8 Å². The zero-order valence-corrected chi connectivity index (χ0v) is 13.7. The lowest BCUT2D eigenvalue weighted by atomic mass is 9.92. The molecule has 2 aromatic rings. The van der Waals surface area contributed by atoms with Gasteiger partial charge >= 0.3 is 0 Å². The van der Waals surface area contributed by atoms with E-state index in [0.29, 0.717) is 12.2 Å². The van der Waals surface area contributed by atoms with Crippen molar-refractivity contribution in [2.75, 3.05) is 6.54 Å². The van der Waals surface area contributed by atoms with E-state index in [1.807, 2.05) is 30.3 Å². The van der Waals surface area contributed by atoms with E-state index in [0.717, 1.165) is 55.3 Å². The van der Waals surface area contributed by atoms with Crippen molar-refractivity contribution in [2.24, 2.45) is 5.41 Å². The number of carbonyl (C=O) groups excluding carboxylic acids is 1. The number of aromatic nitrogens is 2. The smallest absolute Gasteiger partial charge is 0.272 e. The van der Waals surface area contributed by atoms with Crippen LogP contribution in [0.4, 0.5) is 0 Å². The SMILES string of the molecule is O=C(NCC1(C(O)c2ccccc2)CC1)c1n[nH]c2c1CCCC2. The molecule has 5 heteroatoms. The number of H-pyrrole nitrogens is 1. The number of rotatable bonds is 5. The van der Waals surface area contributed by atoms with Crippen LogP contribution in [-0.2, 0) is 12.8 Å². The number of aryl methyl sites for hydroxylation is 1. The number of amides is 1. The number of aliphatic hydroxyl groups is 1. The molecule has 3 N–H and O–H groups in total. The number of nitrogens with one attached hydrogen (secondary N) is 2. The maximum absolute atomic E-state index is 12.5. The molecule has 0 aliphatic heterocycles. The second-order valence-electron chi connectivity index (χ2n) is 7.09. The predicted octanol–water partition coefficient (Wildman–Crippen LogP) is 2.53. The molecule has 126 valence electrons. The molecule has 4 rings (SSSR count). The molecule has 2 aliphatic rings. The van der Waals surface area contributed by atoms with E-state index in [1.54, 1.807) is 0 Å². The van der Waals surface area contributed by atoms with Crippen LogP contribution in [0.15, 0.2) is 30.3 Å². The summed E-state index contributed by atoms with van der Waals surface area (Å²) < 4.78 is 0. The van der Waals surface area contributed by atoms with Crippen molar-refractivity contribution in [2.45, 2.75) is 44.6 Å². The van der Waals surface area contributed by atoms with E-state index >= 15 is 0 Å². The van der Waals surface area contributed by atoms with Crippen molar-refractivity contribution >= 4 is 5.91 Å². The molecule has 24 heavy (non-hydrogen) atoms. The van der Waals surface area contributed by atoms with Gasteiger partial charge in [0.05, 0.1) is 6.10 Å². The molecule has 1 amide bonds. The first kappa shape index (κ1) is 15.4. The summed E-state index contributed by atoms with van der Waals surface area (Å²) in [5, 5.41) is 20.9. The molecule has 1 heterocycles. The molecule has 0 radical (unpaired) electrons. The Kier molecular flexibility index (Phi) is 3.88. The summed E-state index contributed by atoms with van der Waals surface area (Å²) in [5.41, 5.74) is 3.41. The summed E-state index contributed by atoms with van der Waals surface area (Å²) in [5.74, 6) is -0.124. The highest BCUT2D eigenvalue weighted by molar-refractivity contribution is 5.94. The molecule has 1 saturated carbocycles. The Labute approximate surface area is 141 Å². The fraction of sp³-hybridized carbons (Fsp3) is 0.474. The Morgan fingerprint density at radius 3 is 2.75 bits per heavy atom. The maximum atomic E-state index is 12.5. The fourth-order valence-electron chi connectivity index (χ4n) is 3.71. The molecule has 5 nitrogen and oxygen atoms in total. The number of carbonyl (C=O) groups is 1. The van der Waals surface area contributed by atoms with Crippen LogP contribution in [0.3, 0.4) is 0 Å². The average Bonchev–Trinajstić information content (AvgIpc) is 3.31. The van der Waals surface area contributed by atoms with Crippen LogP contribution >= 0.6 is 0 Å². The van der Waals surface area contributed by atoms with Gasteiger partial charge in [0.2, 0.25) is 0 Å². The van der Waals surface area contributed by atoms with Gasteiger partial charge in [0.15, 0.2) is 5.69 Å². The third-order valence-corrected chi connectivity index (χ3v) is 5.46. The van der Waals surface area contributed by atoms with Crippen LogP contribution in [-0.4, -0.2) is 27.8 Å². The highest BCUT2D eigenvalue weighted by Crippen LogP contribution is 2.54. The van der Waals surface area contributed by atoms with Crippen molar-refractivity contribution < 1.29 is 9.90 Å². The monoisotopic (exact) mass is 325 g/mol. The summed E-state index contributed by atoms with van der Waals surface area (Å²) in [6.07, 6.45) is 5.50. The van der Waals surface area contributed by atoms with E-state index < -0.39 is 6.10 Å². The minimum atomic E-state index is -0.535. The van der Waals surface area contributed by atoms with Gasteiger partial charge in [-0.25, -0.2) is 0 Å².